The van der Waals surface area contributed by atoms with Gasteiger partial charge in [0.1, 0.15) is 0 Å². The van der Waals surface area contributed by atoms with Gasteiger partial charge in [-0.05, 0) is 29.5 Å². The molecule has 0 atom stereocenters. The van der Waals surface area contributed by atoms with Crippen LogP contribution < -0.4 is 5.48 Å². The fraction of sp³-hybridized carbons (Fsp3) is 0.286. The van der Waals surface area contributed by atoms with Crippen LogP contribution in [-0.2, 0) is 24.8 Å². The largest absolute Gasteiger partial charge is 0.469 e. The zero-order valence-electron chi connectivity index (χ0n) is 19.0. The number of hydrogen-bond donors (Lipinski definition) is 1. The Kier molecular flexibility index (Phi) is 9.21. The predicted octanol–water partition coefficient (Wildman–Crippen LogP) is 5.54. The second kappa shape index (κ2) is 12.6. The number of carbonyl (C=O) groups is 2. The minimum absolute atomic E-state index is 0.171. The van der Waals surface area contributed by atoms with Crippen LogP contribution in [0.4, 0.5) is 0 Å². The van der Waals surface area contributed by atoms with Gasteiger partial charge in [0.15, 0.2) is 5.60 Å². The third kappa shape index (κ3) is 6.53. The Morgan fingerprint density at radius 2 is 1.09 bits per heavy atom. The standard InChI is InChI=1S/C28H31NO4/c1-32-27(31)22-14-3-2-13-21-26(30)29-33-28(23-15-7-4-8-16-23,24-17-9-5-10-18-24)25-19-11-6-12-20-25/h4-12,15-20H,2-3,13-14,21-22H2,1H3,(H,29,30). The highest BCUT2D eigenvalue weighted by Gasteiger charge is 2.39. The molecular weight excluding hydrogens is 414 g/mol. The van der Waals surface area contributed by atoms with Crippen molar-refractivity contribution in [1.82, 2.24) is 5.48 Å². The van der Waals surface area contributed by atoms with Crippen molar-refractivity contribution in [1.29, 1.82) is 0 Å². The van der Waals surface area contributed by atoms with Crippen LogP contribution in [0.5, 0.6) is 0 Å². The third-order valence-corrected chi connectivity index (χ3v) is 5.62. The maximum absolute atomic E-state index is 12.7. The molecule has 0 saturated heterocycles. The first kappa shape index (κ1) is 24.2. The smallest absolute Gasteiger partial charge is 0.305 e. The van der Waals surface area contributed by atoms with E-state index in [0.29, 0.717) is 12.8 Å². The lowest BCUT2D eigenvalue weighted by molar-refractivity contribution is -0.143. The number of rotatable bonds is 12. The number of benzene rings is 3. The Balaban J connectivity index is 1.73. The van der Waals surface area contributed by atoms with Gasteiger partial charge in [0.2, 0.25) is 5.91 Å². The zero-order chi connectivity index (χ0) is 23.4. The lowest BCUT2D eigenvalue weighted by atomic mass is 9.80. The fourth-order valence-corrected chi connectivity index (χ4v) is 3.89. The molecule has 0 saturated carbocycles. The van der Waals surface area contributed by atoms with Crippen molar-refractivity contribution < 1.29 is 19.2 Å². The SMILES string of the molecule is COC(=O)CCCCCCC(=O)NOC(c1ccccc1)(c1ccccc1)c1ccccc1. The van der Waals surface area contributed by atoms with Gasteiger partial charge in [0.05, 0.1) is 7.11 Å². The molecule has 3 rings (SSSR count). The first-order valence-electron chi connectivity index (χ1n) is 11.4. The number of hydrogen-bond acceptors (Lipinski definition) is 4. The van der Waals surface area contributed by atoms with E-state index in [1.165, 1.54) is 7.11 Å². The summed E-state index contributed by atoms with van der Waals surface area (Å²) < 4.78 is 4.65. The van der Waals surface area contributed by atoms with Gasteiger partial charge in [-0.1, -0.05) is 104 Å². The van der Waals surface area contributed by atoms with Crippen molar-refractivity contribution in [2.24, 2.45) is 0 Å². The number of amides is 1. The monoisotopic (exact) mass is 445 g/mol. The van der Waals surface area contributed by atoms with Crippen molar-refractivity contribution in [2.75, 3.05) is 7.11 Å². The third-order valence-electron chi connectivity index (χ3n) is 5.62. The molecule has 0 aliphatic heterocycles. The topological polar surface area (TPSA) is 64.6 Å². The van der Waals surface area contributed by atoms with Gasteiger partial charge in [-0.25, -0.2) is 5.48 Å². The van der Waals surface area contributed by atoms with Gasteiger partial charge in [-0.2, -0.15) is 0 Å². The molecule has 3 aromatic rings. The van der Waals surface area contributed by atoms with Gasteiger partial charge in [0, 0.05) is 12.8 Å². The summed E-state index contributed by atoms with van der Waals surface area (Å²) in [7, 11) is 1.40. The summed E-state index contributed by atoms with van der Waals surface area (Å²) in [4.78, 5) is 30.2. The molecule has 0 spiro atoms. The van der Waals surface area contributed by atoms with E-state index < -0.39 is 5.60 Å². The molecule has 0 unspecified atom stereocenters. The van der Waals surface area contributed by atoms with Crippen molar-refractivity contribution in [3.63, 3.8) is 0 Å². The molecule has 5 heteroatoms. The van der Waals surface area contributed by atoms with Gasteiger partial charge < -0.3 is 4.74 Å². The average Bonchev–Trinajstić information content (AvgIpc) is 2.88. The summed E-state index contributed by atoms with van der Waals surface area (Å²) in [6.07, 6.45) is 4.01. The molecule has 3 aromatic carbocycles. The normalized spacial score (nSPS) is 11.1. The number of esters is 1. The second-order valence-electron chi connectivity index (χ2n) is 7.90. The Hall–Kier alpha value is -3.44. The van der Waals surface area contributed by atoms with Gasteiger partial charge in [0.25, 0.3) is 0 Å². The first-order chi connectivity index (χ1) is 16.2. The van der Waals surface area contributed by atoms with Crippen molar-refractivity contribution in [2.45, 2.75) is 44.1 Å². The van der Waals surface area contributed by atoms with Crippen LogP contribution >= 0.6 is 0 Å². The van der Waals surface area contributed by atoms with E-state index in [-0.39, 0.29) is 11.9 Å². The maximum atomic E-state index is 12.7. The average molecular weight is 446 g/mol. The molecule has 0 bridgehead atoms. The number of carbonyl (C=O) groups excluding carboxylic acids is 2. The quantitative estimate of drug-likeness (QED) is 0.172. The minimum atomic E-state index is -0.986. The second-order valence-corrected chi connectivity index (χ2v) is 7.90. The van der Waals surface area contributed by atoms with Crippen LogP contribution in [0.25, 0.3) is 0 Å². The molecule has 5 nitrogen and oxygen atoms in total. The van der Waals surface area contributed by atoms with Crippen LogP contribution in [0.3, 0.4) is 0 Å². The fourth-order valence-electron chi connectivity index (χ4n) is 3.89. The Bertz CT molecular complexity index is 894. The molecule has 0 aromatic heterocycles. The molecular formula is C28H31NO4. The van der Waals surface area contributed by atoms with E-state index in [0.717, 1.165) is 42.4 Å². The molecule has 0 aliphatic carbocycles. The highest BCUT2D eigenvalue weighted by molar-refractivity contribution is 5.74. The minimum Gasteiger partial charge on any atom is -0.469 e. The number of unbranched alkanes of at least 4 members (excludes halogenated alkanes) is 3. The van der Waals surface area contributed by atoms with Crippen LogP contribution in [0, 0.1) is 0 Å². The summed E-state index contributed by atoms with van der Waals surface area (Å²) in [6, 6.07) is 29.7. The van der Waals surface area contributed by atoms with E-state index in [9.17, 15) is 9.59 Å². The van der Waals surface area contributed by atoms with Crippen molar-refractivity contribution in [3.05, 3.63) is 108 Å². The predicted molar refractivity (Wildman–Crippen MR) is 128 cm³/mol. The summed E-state index contributed by atoms with van der Waals surface area (Å²) in [5.74, 6) is -0.365. The summed E-state index contributed by atoms with van der Waals surface area (Å²) >= 11 is 0. The van der Waals surface area contributed by atoms with E-state index >= 15 is 0 Å². The number of hydroxylamine groups is 1. The van der Waals surface area contributed by atoms with Crippen LogP contribution in [0.2, 0.25) is 0 Å². The molecule has 172 valence electrons. The van der Waals surface area contributed by atoms with Gasteiger partial charge in [-0.15, -0.1) is 0 Å². The molecule has 0 aliphatic rings. The number of ether oxygens (including phenoxy) is 1. The zero-order valence-corrected chi connectivity index (χ0v) is 19.0. The number of methoxy groups -OCH3 is 1. The van der Waals surface area contributed by atoms with Crippen LogP contribution in [-0.4, -0.2) is 19.0 Å². The summed E-state index contributed by atoms with van der Waals surface area (Å²) in [5.41, 5.74) is 4.50. The van der Waals surface area contributed by atoms with Crippen molar-refractivity contribution in [3.8, 4) is 0 Å². The molecule has 0 radical (unpaired) electrons. The Labute approximate surface area is 195 Å². The summed E-state index contributed by atoms with van der Waals surface area (Å²) in [5, 5.41) is 0. The maximum Gasteiger partial charge on any atom is 0.305 e. The van der Waals surface area contributed by atoms with Crippen molar-refractivity contribution >= 4 is 11.9 Å². The Morgan fingerprint density at radius 1 is 0.667 bits per heavy atom. The van der Waals surface area contributed by atoms with Gasteiger partial charge in [-0.3, -0.25) is 14.4 Å². The highest BCUT2D eigenvalue weighted by Crippen LogP contribution is 2.39. The molecule has 33 heavy (non-hydrogen) atoms. The van der Waals surface area contributed by atoms with E-state index in [1.54, 1.807) is 0 Å². The lowest BCUT2D eigenvalue weighted by Crippen LogP contribution is -2.40. The Morgan fingerprint density at radius 3 is 1.52 bits per heavy atom. The van der Waals surface area contributed by atoms with Crippen LogP contribution in [0.1, 0.15) is 55.2 Å². The molecule has 1 N–H and O–H groups in total. The first-order valence-corrected chi connectivity index (χ1v) is 11.4. The van der Waals surface area contributed by atoms with E-state index in [2.05, 4.69) is 10.2 Å². The lowest BCUT2D eigenvalue weighted by Gasteiger charge is -2.35. The van der Waals surface area contributed by atoms with E-state index in [1.807, 2.05) is 91.0 Å². The van der Waals surface area contributed by atoms with Gasteiger partial charge >= 0.3 is 5.97 Å². The highest BCUT2D eigenvalue weighted by atomic mass is 16.7. The van der Waals surface area contributed by atoms with E-state index in [4.69, 9.17) is 4.84 Å². The molecule has 1 amide bonds. The van der Waals surface area contributed by atoms with Crippen LogP contribution in [0.15, 0.2) is 91.0 Å². The summed E-state index contributed by atoms with van der Waals surface area (Å²) in [6.45, 7) is 0. The molecule has 0 heterocycles. The molecule has 0 fully saturated rings. The number of nitrogens with one attached hydrogen (secondary N) is 1.